The number of nitrogens with one attached hydrogen (secondary N) is 1. The summed E-state index contributed by atoms with van der Waals surface area (Å²) in [6, 6.07) is 3.27. The number of amides is 4. The van der Waals surface area contributed by atoms with Crippen LogP contribution in [0, 0.1) is 0 Å². The number of carbonyl (C=O) groups is 2. The molecule has 11 heteroatoms. The second-order valence-corrected chi connectivity index (χ2v) is 7.78. The average molecular weight is 385 g/mol. The number of nitrogens with zero attached hydrogens (tertiary/aromatic N) is 2. The number of hydrogen-bond acceptors (Lipinski definition) is 7. The van der Waals surface area contributed by atoms with Crippen molar-refractivity contribution in [1.29, 1.82) is 0 Å². The Labute approximate surface area is 150 Å². The molecule has 0 unspecified atom stereocenters. The molecule has 3 rings (SSSR count). The monoisotopic (exact) mass is 385 g/mol. The molecule has 1 aromatic rings. The smallest absolute Gasteiger partial charge is 0.341 e. The maximum absolute atomic E-state index is 12.1. The molecule has 4 amide bonds. The summed E-state index contributed by atoms with van der Waals surface area (Å²) in [5, 5.41) is 12.7. The van der Waals surface area contributed by atoms with Gasteiger partial charge in [0.05, 0.1) is 25.4 Å². The summed E-state index contributed by atoms with van der Waals surface area (Å²) in [5.41, 5.74) is 0.514. The van der Waals surface area contributed by atoms with Crippen LogP contribution < -0.4 is 14.8 Å². The summed E-state index contributed by atoms with van der Waals surface area (Å²) in [6.07, 6.45) is -0.128. The number of rotatable bonds is 4. The van der Waals surface area contributed by atoms with Gasteiger partial charge in [-0.25, -0.2) is 27.2 Å². The van der Waals surface area contributed by atoms with Crippen molar-refractivity contribution in [3.8, 4) is 11.5 Å². The zero-order chi connectivity index (χ0) is 18.9. The molecule has 0 bridgehead atoms. The first-order valence-electron chi connectivity index (χ1n) is 7.92. The molecule has 0 aromatic heterocycles. The SMILES string of the molecule is CS(=O)(=O)N1CCN(C(=O)NC[C@@H](O)c2ccc3c(c2)OCCO3)C1=O. The molecular weight excluding hydrogens is 366 g/mol. The molecule has 1 atom stereocenters. The van der Waals surface area contributed by atoms with E-state index in [0.29, 0.717) is 34.6 Å². The lowest BCUT2D eigenvalue weighted by Crippen LogP contribution is -2.44. The van der Waals surface area contributed by atoms with Crippen molar-refractivity contribution in [1.82, 2.24) is 14.5 Å². The van der Waals surface area contributed by atoms with Gasteiger partial charge in [0.2, 0.25) is 10.0 Å². The van der Waals surface area contributed by atoms with Crippen molar-refractivity contribution in [2.75, 3.05) is 39.1 Å². The van der Waals surface area contributed by atoms with E-state index in [4.69, 9.17) is 9.47 Å². The van der Waals surface area contributed by atoms with Gasteiger partial charge in [-0.05, 0) is 17.7 Å². The highest BCUT2D eigenvalue weighted by Crippen LogP contribution is 2.32. The van der Waals surface area contributed by atoms with Crippen LogP contribution in [0.4, 0.5) is 9.59 Å². The molecule has 2 N–H and O–H groups in total. The second kappa shape index (κ2) is 7.00. The zero-order valence-electron chi connectivity index (χ0n) is 14.0. The number of aliphatic hydroxyl groups is 1. The average Bonchev–Trinajstić information content (AvgIpc) is 3.00. The molecule has 0 spiro atoms. The number of hydrogen-bond donors (Lipinski definition) is 2. The summed E-state index contributed by atoms with van der Waals surface area (Å²) in [5.74, 6) is 1.09. The summed E-state index contributed by atoms with van der Waals surface area (Å²) < 4.78 is 34.4. The van der Waals surface area contributed by atoms with Crippen molar-refractivity contribution >= 4 is 22.1 Å². The molecule has 0 radical (unpaired) electrons. The standard InChI is InChI=1S/C15H19N3O7S/c1-26(22,23)18-5-4-17(15(18)21)14(20)16-9-11(19)10-2-3-12-13(8-10)25-7-6-24-12/h2-3,8,11,19H,4-7,9H2,1H3,(H,16,20)/t11-/m1/s1. The summed E-state index contributed by atoms with van der Waals surface area (Å²) in [4.78, 5) is 24.9. The Balaban J connectivity index is 1.59. The maximum Gasteiger partial charge on any atom is 0.341 e. The van der Waals surface area contributed by atoms with Gasteiger partial charge in [-0.2, -0.15) is 0 Å². The molecule has 1 aromatic carbocycles. The molecule has 2 aliphatic rings. The third kappa shape index (κ3) is 3.68. The van der Waals surface area contributed by atoms with E-state index in [1.54, 1.807) is 18.2 Å². The van der Waals surface area contributed by atoms with E-state index in [-0.39, 0.29) is 19.6 Å². The van der Waals surface area contributed by atoms with Gasteiger partial charge in [0, 0.05) is 6.54 Å². The lowest BCUT2D eigenvalue weighted by Gasteiger charge is -2.21. The summed E-state index contributed by atoms with van der Waals surface area (Å²) in [7, 11) is -3.71. The van der Waals surface area contributed by atoms with Crippen LogP contribution in [0.1, 0.15) is 11.7 Å². The number of sulfonamides is 1. The molecule has 2 heterocycles. The van der Waals surface area contributed by atoms with Crippen molar-refractivity contribution in [2.24, 2.45) is 0 Å². The van der Waals surface area contributed by atoms with E-state index in [0.717, 1.165) is 11.2 Å². The fraction of sp³-hybridized carbons (Fsp3) is 0.467. The third-order valence-electron chi connectivity index (χ3n) is 4.01. The highest BCUT2D eigenvalue weighted by Gasteiger charge is 2.38. The minimum Gasteiger partial charge on any atom is -0.486 e. The van der Waals surface area contributed by atoms with E-state index >= 15 is 0 Å². The van der Waals surface area contributed by atoms with Crippen molar-refractivity contribution in [3.05, 3.63) is 23.8 Å². The predicted molar refractivity (Wildman–Crippen MR) is 89.4 cm³/mol. The third-order valence-corrected chi connectivity index (χ3v) is 5.15. The van der Waals surface area contributed by atoms with Gasteiger partial charge in [-0.1, -0.05) is 6.07 Å². The van der Waals surface area contributed by atoms with Crippen LogP contribution in [-0.4, -0.2) is 73.9 Å². The minimum atomic E-state index is -3.71. The lowest BCUT2D eigenvalue weighted by molar-refractivity contribution is 0.159. The maximum atomic E-state index is 12.1. The number of urea groups is 2. The van der Waals surface area contributed by atoms with Crippen LogP contribution in [-0.2, 0) is 10.0 Å². The van der Waals surface area contributed by atoms with E-state index in [2.05, 4.69) is 5.32 Å². The fourth-order valence-electron chi connectivity index (χ4n) is 2.68. The first kappa shape index (κ1) is 18.3. The summed E-state index contributed by atoms with van der Waals surface area (Å²) >= 11 is 0. The van der Waals surface area contributed by atoms with Crippen LogP contribution in [0.5, 0.6) is 11.5 Å². The van der Waals surface area contributed by atoms with Gasteiger partial charge in [0.15, 0.2) is 11.5 Å². The first-order chi connectivity index (χ1) is 12.3. The van der Waals surface area contributed by atoms with Crippen molar-refractivity contribution in [3.63, 3.8) is 0 Å². The molecule has 142 valence electrons. The Morgan fingerprint density at radius 1 is 1.27 bits per heavy atom. The first-order valence-corrected chi connectivity index (χ1v) is 9.77. The van der Waals surface area contributed by atoms with Gasteiger partial charge in [0.25, 0.3) is 0 Å². The molecule has 10 nitrogen and oxygen atoms in total. The van der Waals surface area contributed by atoms with Crippen LogP contribution in [0.25, 0.3) is 0 Å². The number of fused-ring (bicyclic) bond motifs is 1. The lowest BCUT2D eigenvalue weighted by atomic mass is 10.1. The van der Waals surface area contributed by atoms with Gasteiger partial charge in [-0.3, -0.25) is 0 Å². The van der Waals surface area contributed by atoms with E-state index in [9.17, 15) is 23.1 Å². The van der Waals surface area contributed by atoms with Crippen LogP contribution in [0.15, 0.2) is 18.2 Å². The minimum absolute atomic E-state index is 0.0438. The van der Waals surface area contributed by atoms with Gasteiger partial charge in [-0.15, -0.1) is 0 Å². The van der Waals surface area contributed by atoms with Crippen molar-refractivity contribution < 1.29 is 32.6 Å². The predicted octanol–water partition coefficient (Wildman–Crippen LogP) is -0.102. The van der Waals surface area contributed by atoms with Gasteiger partial charge >= 0.3 is 12.1 Å². The zero-order valence-corrected chi connectivity index (χ0v) is 14.9. The highest BCUT2D eigenvalue weighted by atomic mass is 32.2. The number of aliphatic hydroxyl groups excluding tert-OH is 1. The van der Waals surface area contributed by atoms with E-state index in [1.807, 2.05) is 0 Å². The number of benzene rings is 1. The number of ether oxygens (including phenoxy) is 2. The molecule has 1 saturated heterocycles. The van der Waals surface area contributed by atoms with Gasteiger partial charge < -0.3 is 19.9 Å². The Bertz CT molecular complexity index is 827. The van der Waals surface area contributed by atoms with Crippen LogP contribution in [0.3, 0.4) is 0 Å². The normalized spacial score (nSPS) is 18.0. The number of imide groups is 1. The van der Waals surface area contributed by atoms with Crippen LogP contribution >= 0.6 is 0 Å². The molecule has 2 aliphatic heterocycles. The fourth-order valence-corrected chi connectivity index (χ4v) is 3.47. The topological polar surface area (TPSA) is 125 Å². The van der Waals surface area contributed by atoms with Crippen molar-refractivity contribution in [2.45, 2.75) is 6.10 Å². The summed E-state index contributed by atoms with van der Waals surface area (Å²) in [6.45, 7) is 0.589. The molecule has 0 aliphatic carbocycles. The van der Waals surface area contributed by atoms with E-state index in [1.165, 1.54) is 0 Å². The van der Waals surface area contributed by atoms with E-state index < -0.39 is 28.2 Å². The number of carbonyl (C=O) groups excluding carboxylic acids is 2. The van der Waals surface area contributed by atoms with Gasteiger partial charge in [0.1, 0.15) is 13.2 Å². The molecule has 0 saturated carbocycles. The Kier molecular flexibility index (Phi) is 4.92. The molecule has 26 heavy (non-hydrogen) atoms. The largest absolute Gasteiger partial charge is 0.486 e. The highest BCUT2D eigenvalue weighted by molar-refractivity contribution is 7.88. The Morgan fingerprint density at radius 3 is 2.62 bits per heavy atom. The molecular formula is C15H19N3O7S. The Morgan fingerprint density at radius 2 is 1.96 bits per heavy atom. The quantitative estimate of drug-likeness (QED) is 0.741. The molecule has 1 fully saturated rings. The second-order valence-electron chi connectivity index (χ2n) is 5.87. The van der Waals surface area contributed by atoms with Crippen LogP contribution in [0.2, 0.25) is 0 Å². The Hall–Kier alpha value is -2.53.